The molecule has 4 N–H and O–H groups in total. The molecule has 0 aliphatic heterocycles. The molecule has 2 rings (SSSR count). The molecule has 2 aromatic rings. The summed E-state index contributed by atoms with van der Waals surface area (Å²) >= 11 is 0. The predicted molar refractivity (Wildman–Crippen MR) is 70.0 cm³/mol. The molecule has 1 aromatic carbocycles. The number of hydrogen-bond donors (Lipinski definition) is 2. The molecule has 0 bridgehead atoms. The normalized spacial score (nSPS) is 13.1. The van der Waals surface area contributed by atoms with Crippen molar-refractivity contribution in [1.82, 2.24) is 4.98 Å². The van der Waals surface area contributed by atoms with Crippen molar-refractivity contribution < 1.29 is 13.2 Å². The van der Waals surface area contributed by atoms with Gasteiger partial charge in [-0.3, -0.25) is 4.98 Å². The Morgan fingerprint density at radius 1 is 1.16 bits per heavy atom. The van der Waals surface area contributed by atoms with Crippen LogP contribution in [0.1, 0.15) is 17.3 Å². The van der Waals surface area contributed by atoms with E-state index in [4.69, 9.17) is 11.5 Å². The lowest BCUT2D eigenvalue weighted by Gasteiger charge is -2.10. The van der Waals surface area contributed by atoms with Crippen LogP contribution in [0.5, 0.6) is 0 Å². The molecular weight excluding hydrogens is 279 g/mol. The Morgan fingerprint density at radius 2 is 1.84 bits per heavy atom. The van der Waals surface area contributed by atoms with Crippen LogP contribution < -0.4 is 11.5 Å². The summed E-state index contributed by atoms with van der Waals surface area (Å²) in [6.07, 6.45) is -4.35. The average molecular weight is 292 g/mol. The van der Waals surface area contributed by atoms with Gasteiger partial charge in [-0.15, -0.1) is 12.4 Å². The summed E-state index contributed by atoms with van der Waals surface area (Å²) in [4.78, 5) is 4.20. The monoisotopic (exact) mass is 291 g/mol. The Hall–Kier alpha value is -1.37. The lowest BCUT2D eigenvalue weighted by atomic mass is 10.1. The number of aromatic nitrogens is 1. The molecule has 3 nitrogen and oxygen atoms in total. The SMILES string of the molecule is Cl.NCC(N)c1ccc2cc(C(F)(F)F)ccc2n1. The standard InChI is InChI=1S/C12H12F3N3.ClH/c13-12(14,15)8-2-4-10-7(5-8)1-3-11(18-10)9(17)6-16;/h1-5,9H,6,16-17H2;1H. The number of pyridine rings is 1. The van der Waals surface area contributed by atoms with Crippen LogP contribution >= 0.6 is 12.4 Å². The highest BCUT2D eigenvalue weighted by atomic mass is 35.5. The van der Waals surface area contributed by atoms with Gasteiger partial charge in [0.25, 0.3) is 0 Å². The Morgan fingerprint density at radius 3 is 2.42 bits per heavy atom. The van der Waals surface area contributed by atoms with Gasteiger partial charge in [0.2, 0.25) is 0 Å². The van der Waals surface area contributed by atoms with Crippen molar-refractivity contribution in [2.45, 2.75) is 12.2 Å². The Bertz CT molecular complexity index is 572. The van der Waals surface area contributed by atoms with E-state index in [0.29, 0.717) is 16.6 Å². The number of alkyl halides is 3. The summed E-state index contributed by atoms with van der Waals surface area (Å²) in [5.74, 6) is 0. The van der Waals surface area contributed by atoms with Gasteiger partial charge in [0.05, 0.1) is 22.8 Å². The fourth-order valence-electron chi connectivity index (χ4n) is 1.64. The number of hydrogen-bond acceptors (Lipinski definition) is 3. The van der Waals surface area contributed by atoms with E-state index >= 15 is 0 Å². The van der Waals surface area contributed by atoms with Gasteiger partial charge in [-0.1, -0.05) is 6.07 Å². The molecule has 0 fully saturated rings. The second-order valence-electron chi connectivity index (χ2n) is 3.98. The van der Waals surface area contributed by atoms with Crippen LogP contribution in [0.2, 0.25) is 0 Å². The summed E-state index contributed by atoms with van der Waals surface area (Å²) in [6.45, 7) is 0.235. The van der Waals surface area contributed by atoms with Gasteiger partial charge in [-0.25, -0.2) is 0 Å². The molecular formula is C12H13ClF3N3. The fraction of sp³-hybridized carbons (Fsp3) is 0.250. The highest BCUT2D eigenvalue weighted by Gasteiger charge is 2.30. The Labute approximate surface area is 114 Å². The number of fused-ring (bicyclic) bond motifs is 1. The van der Waals surface area contributed by atoms with Crippen LogP contribution in [0.25, 0.3) is 10.9 Å². The van der Waals surface area contributed by atoms with E-state index < -0.39 is 17.8 Å². The van der Waals surface area contributed by atoms with Crippen molar-refractivity contribution in [2.24, 2.45) is 11.5 Å². The summed E-state index contributed by atoms with van der Waals surface area (Å²) in [6, 6.07) is 6.18. The van der Waals surface area contributed by atoms with E-state index in [-0.39, 0.29) is 19.0 Å². The fourth-order valence-corrected chi connectivity index (χ4v) is 1.64. The van der Waals surface area contributed by atoms with E-state index in [1.807, 2.05) is 0 Å². The number of rotatable bonds is 2. The summed E-state index contributed by atoms with van der Waals surface area (Å²) in [7, 11) is 0. The second kappa shape index (κ2) is 5.73. The maximum Gasteiger partial charge on any atom is 0.416 e. The topological polar surface area (TPSA) is 64.9 Å². The van der Waals surface area contributed by atoms with E-state index in [2.05, 4.69) is 4.98 Å². The van der Waals surface area contributed by atoms with Gasteiger partial charge < -0.3 is 11.5 Å². The maximum absolute atomic E-state index is 12.5. The van der Waals surface area contributed by atoms with Gasteiger partial charge in [0.1, 0.15) is 0 Å². The van der Waals surface area contributed by atoms with Crippen LogP contribution in [0.15, 0.2) is 30.3 Å². The third-order valence-electron chi connectivity index (χ3n) is 2.67. The highest BCUT2D eigenvalue weighted by molar-refractivity contribution is 5.85. The minimum Gasteiger partial charge on any atom is -0.329 e. The molecule has 104 valence electrons. The van der Waals surface area contributed by atoms with Gasteiger partial charge >= 0.3 is 6.18 Å². The van der Waals surface area contributed by atoms with Crippen molar-refractivity contribution >= 4 is 23.3 Å². The van der Waals surface area contributed by atoms with Crippen molar-refractivity contribution in [3.05, 3.63) is 41.6 Å². The first-order valence-electron chi connectivity index (χ1n) is 5.35. The summed E-state index contributed by atoms with van der Waals surface area (Å²) < 4.78 is 37.6. The van der Waals surface area contributed by atoms with E-state index in [0.717, 1.165) is 12.1 Å². The molecule has 1 unspecified atom stereocenters. The lowest BCUT2D eigenvalue weighted by Crippen LogP contribution is -2.21. The van der Waals surface area contributed by atoms with E-state index in [9.17, 15) is 13.2 Å². The zero-order valence-corrected chi connectivity index (χ0v) is 10.6. The summed E-state index contributed by atoms with van der Waals surface area (Å²) in [5, 5.41) is 0.429. The first-order chi connectivity index (χ1) is 8.41. The zero-order valence-electron chi connectivity index (χ0n) is 9.82. The van der Waals surface area contributed by atoms with E-state index in [1.54, 1.807) is 12.1 Å². The molecule has 7 heteroatoms. The number of benzene rings is 1. The molecule has 0 amide bonds. The van der Waals surface area contributed by atoms with E-state index in [1.165, 1.54) is 6.07 Å². The molecule has 19 heavy (non-hydrogen) atoms. The molecule has 1 atom stereocenters. The van der Waals surface area contributed by atoms with Crippen molar-refractivity contribution in [3.63, 3.8) is 0 Å². The van der Waals surface area contributed by atoms with Crippen LogP contribution in [-0.4, -0.2) is 11.5 Å². The quantitative estimate of drug-likeness (QED) is 0.894. The molecule has 0 saturated carbocycles. The average Bonchev–Trinajstić information content (AvgIpc) is 2.35. The Balaban J connectivity index is 0.00000180. The van der Waals surface area contributed by atoms with Crippen molar-refractivity contribution in [2.75, 3.05) is 6.54 Å². The molecule has 0 aliphatic rings. The van der Waals surface area contributed by atoms with Gasteiger partial charge in [0.15, 0.2) is 0 Å². The highest BCUT2D eigenvalue weighted by Crippen LogP contribution is 2.31. The molecule has 1 aromatic heterocycles. The summed E-state index contributed by atoms with van der Waals surface area (Å²) in [5.41, 5.74) is 11.5. The smallest absolute Gasteiger partial charge is 0.329 e. The maximum atomic E-state index is 12.5. The van der Waals surface area contributed by atoms with Gasteiger partial charge in [-0.05, 0) is 24.3 Å². The number of halogens is 4. The number of nitrogens with two attached hydrogens (primary N) is 2. The molecule has 0 radical (unpaired) electrons. The molecule has 0 aliphatic carbocycles. The predicted octanol–water partition coefficient (Wildman–Crippen LogP) is 2.63. The van der Waals surface area contributed by atoms with Crippen LogP contribution in [0.3, 0.4) is 0 Å². The molecule has 0 saturated heterocycles. The number of nitrogens with zero attached hydrogens (tertiary/aromatic N) is 1. The third kappa shape index (κ3) is 3.34. The zero-order chi connectivity index (χ0) is 13.3. The Kier molecular flexibility index (Phi) is 4.73. The lowest BCUT2D eigenvalue weighted by molar-refractivity contribution is -0.137. The molecule has 0 spiro atoms. The first kappa shape index (κ1) is 15.7. The largest absolute Gasteiger partial charge is 0.416 e. The van der Waals surface area contributed by atoms with Gasteiger partial charge in [0, 0.05) is 11.9 Å². The molecule has 1 heterocycles. The second-order valence-corrected chi connectivity index (χ2v) is 3.98. The minimum absolute atomic E-state index is 0. The van der Waals surface area contributed by atoms with Crippen molar-refractivity contribution in [1.29, 1.82) is 0 Å². The van der Waals surface area contributed by atoms with Crippen LogP contribution in [0.4, 0.5) is 13.2 Å². The van der Waals surface area contributed by atoms with Crippen LogP contribution in [0, 0.1) is 0 Å². The third-order valence-corrected chi connectivity index (χ3v) is 2.67. The first-order valence-corrected chi connectivity index (χ1v) is 5.35. The van der Waals surface area contributed by atoms with Gasteiger partial charge in [-0.2, -0.15) is 13.2 Å². The minimum atomic E-state index is -4.35. The van der Waals surface area contributed by atoms with Crippen LogP contribution in [-0.2, 0) is 6.18 Å². The van der Waals surface area contributed by atoms with Crippen molar-refractivity contribution in [3.8, 4) is 0 Å².